The second-order valence-corrected chi connectivity index (χ2v) is 6.14. The molecule has 1 unspecified atom stereocenters. The topological polar surface area (TPSA) is 49.4 Å². The number of hydrogen-bond acceptors (Lipinski definition) is 2. The van der Waals surface area contributed by atoms with Crippen LogP contribution >= 0.6 is 11.6 Å². The van der Waals surface area contributed by atoms with Crippen LogP contribution in [0.25, 0.3) is 0 Å². The predicted octanol–water partition coefficient (Wildman–Crippen LogP) is 3.30. The van der Waals surface area contributed by atoms with Gasteiger partial charge in [-0.15, -0.1) is 0 Å². The van der Waals surface area contributed by atoms with Crippen molar-refractivity contribution in [2.45, 2.75) is 46.1 Å². The molecule has 1 aromatic carbocycles. The third-order valence-corrected chi connectivity index (χ3v) is 4.23. The first-order valence-electron chi connectivity index (χ1n) is 7.29. The van der Waals surface area contributed by atoms with Crippen LogP contribution in [-0.4, -0.2) is 29.3 Å². The Hall–Kier alpha value is -1.55. The van der Waals surface area contributed by atoms with Crippen LogP contribution in [0.1, 0.15) is 37.3 Å². The number of benzene rings is 1. The number of carbonyl (C=O) groups is 2. The fourth-order valence-corrected chi connectivity index (χ4v) is 3.14. The average molecular weight is 309 g/mol. The van der Waals surface area contributed by atoms with Gasteiger partial charge in [-0.25, -0.2) is 0 Å². The normalized spacial score (nSPS) is 18.5. The van der Waals surface area contributed by atoms with Crippen molar-refractivity contribution < 1.29 is 9.59 Å². The Morgan fingerprint density at radius 3 is 2.62 bits per heavy atom. The van der Waals surface area contributed by atoms with Crippen molar-refractivity contribution in [3.05, 3.63) is 28.3 Å². The standard InChI is InChI=1S/C16H21ClN2O2/c1-10-8-11(2)14(13(17)9-10)18-15(20)16(21)19-7-5-4-6-12(19)3/h8-9,12H,4-7H2,1-3H3,(H,18,20). The number of nitrogens with zero attached hydrogens (tertiary/aromatic N) is 1. The molecule has 0 radical (unpaired) electrons. The number of halogens is 1. The van der Waals surface area contributed by atoms with E-state index in [1.54, 1.807) is 11.0 Å². The molecule has 0 aliphatic carbocycles. The maximum atomic E-state index is 12.3. The van der Waals surface area contributed by atoms with Gasteiger partial charge in [0.2, 0.25) is 0 Å². The van der Waals surface area contributed by atoms with Crippen molar-refractivity contribution in [1.29, 1.82) is 0 Å². The molecule has 0 bridgehead atoms. The Morgan fingerprint density at radius 2 is 2.00 bits per heavy atom. The zero-order chi connectivity index (χ0) is 15.6. The lowest BCUT2D eigenvalue weighted by Gasteiger charge is -2.32. The number of likely N-dealkylation sites (tertiary alicyclic amines) is 1. The van der Waals surface area contributed by atoms with Crippen molar-refractivity contribution in [2.75, 3.05) is 11.9 Å². The third kappa shape index (κ3) is 3.56. The van der Waals surface area contributed by atoms with E-state index in [-0.39, 0.29) is 6.04 Å². The first kappa shape index (κ1) is 15.8. The van der Waals surface area contributed by atoms with E-state index in [1.165, 1.54) is 0 Å². The number of aryl methyl sites for hydroxylation is 2. The summed E-state index contributed by atoms with van der Waals surface area (Å²) in [6.45, 7) is 6.43. The average Bonchev–Trinajstić information content (AvgIpc) is 2.42. The van der Waals surface area contributed by atoms with E-state index < -0.39 is 11.8 Å². The van der Waals surface area contributed by atoms with E-state index in [2.05, 4.69) is 5.32 Å². The molecule has 1 saturated heterocycles. The van der Waals surface area contributed by atoms with Gasteiger partial charge in [-0.1, -0.05) is 17.7 Å². The summed E-state index contributed by atoms with van der Waals surface area (Å²) in [6, 6.07) is 3.82. The Morgan fingerprint density at radius 1 is 1.29 bits per heavy atom. The number of hydrogen-bond donors (Lipinski definition) is 1. The second kappa shape index (κ2) is 6.48. The lowest BCUT2D eigenvalue weighted by atomic mass is 10.0. The monoisotopic (exact) mass is 308 g/mol. The molecule has 0 aromatic heterocycles. The Kier molecular flexibility index (Phi) is 4.88. The van der Waals surface area contributed by atoms with Crippen molar-refractivity contribution in [1.82, 2.24) is 4.90 Å². The number of amides is 2. The van der Waals surface area contributed by atoms with Crippen LogP contribution in [-0.2, 0) is 9.59 Å². The molecule has 1 atom stereocenters. The fourth-order valence-electron chi connectivity index (χ4n) is 2.77. The molecule has 1 heterocycles. The molecule has 1 fully saturated rings. The molecule has 1 aliphatic rings. The van der Waals surface area contributed by atoms with E-state index in [0.717, 1.165) is 30.4 Å². The van der Waals surface area contributed by atoms with E-state index in [9.17, 15) is 9.59 Å². The van der Waals surface area contributed by atoms with Gasteiger partial charge in [-0.2, -0.15) is 0 Å². The second-order valence-electron chi connectivity index (χ2n) is 5.74. The summed E-state index contributed by atoms with van der Waals surface area (Å²) in [5.41, 5.74) is 2.39. The van der Waals surface area contributed by atoms with Gasteiger partial charge in [0, 0.05) is 12.6 Å². The molecular weight excluding hydrogens is 288 g/mol. The van der Waals surface area contributed by atoms with Crippen LogP contribution in [0.4, 0.5) is 5.69 Å². The molecular formula is C16H21ClN2O2. The highest BCUT2D eigenvalue weighted by Crippen LogP contribution is 2.27. The van der Waals surface area contributed by atoms with E-state index >= 15 is 0 Å². The SMILES string of the molecule is Cc1cc(C)c(NC(=O)C(=O)N2CCCCC2C)c(Cl)c1. The minimum atomic E-state index is -0.613. The fraction of sp³-hybridized carbons (Fsp3) is 0.500. The quantitative estimate of drug-likeness (QED) is 0.809. The van der Waals surface area contributed by atoms with Crippen LogP contribution in [0, 0.1) is 13.8 Å². The van der Waals surface area contributed by atoms with Crippen molar-refractivity contribution in [3.63, 3.8) is 0 Å². The van der Waals surface area contributed by atoms with E-state index in [1.807, 2.05) is 26.8 Å². The van der Waals surface area contributed by atoms with Crippen LogP contribution in [0.15, 0.2) is 12.1 Å². The summed E-state index contributed by atoms with van der Waals surface area (Å²) in [5.74, 6) is -1.09. The molecule has 2 amide bonds. The number of carbonyl (C=O) groups excluding carboxylic acids is 2. The largest absolute Gasteiger partial charge is 0.332 e. The van der Waals surface area contributed by atoms with Gasteiger partial charge >= 0.3 is 11.8 Å². The van der Waals surface area contributed by atoms with Gasteiger partial charge in [-0.3, -0.25) is 9.59 Å². The number of rotatable bonds is 1. The maximum Gasteiger partial charge on any atom is 0.313 e. The van der Waals surface area contributed by atoms with Crippen LogP contribution in [0.5, 0.6) is 0 Å². The number of anilines is 1. The summed E-state index contributed by atoms with van der Waals surface area (Å²) >= 11 is 6.16. The molecule has 1 aromatic rings. The van der Waals surface area contributed by atoms with Crippen LogP contribution in [0.2, 0.25) is 5.02 Å². The highest BCUT2D eigenvalue weighted by atomic mass is 35.5. The van der Waals surface area contributed by atoms with Gasteiger partial charge in [0.15, 0.2) is 0 Å². The zero-order valence-electron chi connectivity index (χ0n) is 12.7. The lowest BCUT2D eigenvalue weighted by Crippen LogP contribution is -2.47. The first-order valence-corrected chi connectivity index (χ1v) is 7.66. The Balaban J connectivity index is 2.13. The van der Waals surface area contributed by atoms with Gasteiger partial charge in [0.1, 0.15) is 0 Å². The zero-order valence-corrected chi connectivity index (χ0v) is 13.5. The molecule has 1 N–H and O–H groups in total. The van der Waals surface area contributed by atoms with Gasteiger partial charge in [-0.05, 0) is 57.2 Å². The smallest absolute Gasteiger partial charge is 0.313 e. The number of piperidine rings is 1. The van der Waals surface area contributed by atoms with E-state index in [4.69, 9.17) is 11.6 Å². The summed E-state index contributed by atoms with van der Waals surface area (Å²) in [5, 5.41) is 3.12. The minimum Gasteiger partial charge on any atom is -0.332 e. The summed E-state index contributed by atoms with van der Waals surface area (Å²) in [4.78, 5) is 26.1. The predicted molar refractivity (Wildman–Crippen MR) is 84.6 cm³/mol. The molecule has 114 valence electrons. The van der Waals surface area contributed by atoms with Gasteiger partial charge < -0.3 is 10.2 Å². The Bertz CT molecular complexity index is 548. The van der Waals surface area contributed by atoms with Gasteiger partial charge in [0.05, 0.1) is 10.7 Å². The van der Waals surface area contributed by atoms with Crippen LogP contribution < -0.4 is 5.32 Å². The van der Waals surface area contributed by atoms with Crippen molar-refractivity contribution in [3.8, 4) is 0 Å². The van der Waals surface area contributed by atoms with Crippen molar-refractivity contribution in [2.24, 2.45) is 0 Å². The van der Waals surface area contributed by atoms with Gasteiger partial charge in [0.25, 0.3) is 0 Å². The molecule has 21 heavy (non-hydrogen) atoms. The van der Waals surface area contributed by atoms with Crippen molar-refractivity contribution >= 4 is 29.1 Å². The first-order chi connectivity index (χ1) is 9.90. The molecule has 0 spiro atoms. The molecule has 0 saturated carbocycles. The third-order valence-electron chi connectivity index (χ3n) is 3.93. The maximum absolute atomic E-state index is 12.3. The molecule has 5 heteroatoms. The highest BCUT2D eigenvalue weighted by Gasteiger charge is 2.28. The van der Waals surface area contributed by atoms with E-state index in [0.29, 0.717) is 17.3 Å². The summed E-state index contributed by atoms with van der Waals surface area (Å²) < 4.78 is 0. The highest BCUT2D eigenvalue weighted by molar-refractivity contribution is 6.41. The van der Waals surface area contributed by atoms with Crippen LogP contribution in [0.3, 0.4) is 0 Å². The Labute approximate surface area is 130 Å². The molecule has 2 rings (SSSR count). The number of nitrogens with one attached hydrogen (secondary N) is 1. The molecule has 4 nitrogen and oxygen atoms in total. The minimum absolute atomic E-state index is 0.117. The summed E-state index contributed by atoms with van der Waals surface area (Å²) in [6.07, 6.45) is 3.01. The lowest BCUT2D eigenvalue weighted by molar-refractivity contribution is -0.145. The summed E-state index contributed by atoms with van der Waals surface area (Å²) in [7, 11) is 0. The molecule has 1 aliphatic heterocycles.